The first-order chi connectivity index (χ1) is 13.4. The summed E-state index contributed by atoms with van der Waals surface area (Å²) in [5.74, 6) is 1.01. The quantitative estimate of drug-likeness (QED) is 0.732. The number of hydrogen-bond acceptors (Lipinski definition) is 5. The van der Waals surface area contributed by atoms with E-state index in [1.807, 2.05) is 0 Å². The molecule has 4 rings (SSSR count). The Morgan fingerprint density at radius 1 is 0.963 bits per heavy atom. The summed E-state index contributed by atoms with van der Waals surface area (Å²) in [6, 6.07) is 9.47. The third-order valence-electron chi connectivity index (χ3n) is 6.24. The Kier molecular flexibility index (Phi) is 7.02. The van der Waals surface area contributed by atoms with Gasteiger partial charge in [0.1, 0.15) is 12.4 Å². The number of nitrogens with zero attached hydrogens (tertiary/aromatic N) is 3. The molecular formula is C22H35N3O2. The maximum atomic E-state index is 6.02. The lowest BCUT2D eigenvalue weighted by Crippen LogP contribution is -2.40. The number of rotatable bonds is 7. The highest BCUT2D eigenvalue weighted by molar-refractivity contribution is 5.28. The highest BCUT2D eigenvalue weighted by Gasteiger charge is 2.28. The van der Waals surface area contributed by atoms with Crippen LogP contribution in [0.3, 0.4) is 0 Å². The minimum absolute atomic E-state index is 0.754. The molecule has 3 aliphatic rings. The molecule has 3 aliphatic heterocycles. The van der Waals surface area contributed by atoms with Crippen molar-refractivity contribution >= 4 is 0 Å². The van der Waals surface area contributed by atoms with Gasteiger partial charge in [-0.1, -0.05) is 18.6 Å². The van der Waals surface area contributed by atoms with Crippen LogP contribution in [0.25, 0.3) is 0 Å². The van der Waals surface area contributed by atoms with Crippen LogP contribution in [0.1, 0.15) is 31.2 Å². The number of benzene rings is 1. The maximum absolute atomic E-state index is 6.02. The van der Waals surface area contributed by atoms with E-state index in [0.717, 1.165) is 57.8 Å². The van der Waals surface area contributed by atoms with Crippen molar-refractivity contribution in [1.29, 1.82) is 0 Å². The van der Waals surface area contributed by atoms with E-state index in [4.69, 9.17) is 9.47 Å². The zero-order valence-electron chi connectivity index (χ0n) is 16.7. The highest BCUT2D eigenvalue weighted by Crippen LogP contribution is 2.22. The molecule has 3 heterocycles. The molecule has 0 spiro atoms. The zero-order chi connectivity index (χ0) is 18.3. The number of piperidine rings is 1. The van der Waals surface area contributed by atoms with Crippen molar-refractivity contribution in [3.63, 3.8) is 0 Å². The molecule has 150 valence electrons. The minimum atomic E-state index is 0.754. The first kappa shape index (κ1) is 19.2. The molecule has 0 bridgehead atoms. The van der Waals surface area contributed by atoms with Gasteiger partial charge in [-0.15, -0.1) is 0 Å². The molecular weight excluding hydrogens is 338 g/mol. The van der Waals surface area contributed by atoms with Crippen molar-refractivity contribution in [3.8, 4) is 5.75 Å². The number of likely N-dealkylation sites (tertiary alicyclic amines) is 2. The lowest BCUT2D eigenvalue weighted by molar-refractivity contribution is 0.0322. The van der Waals surface area contributed by atoms with Gasteiger partial charge in [-0.25, -0.2) is 0 Å². The van der Waals surface area contributed by atoms with Gasteiger partial charge in [0, 0.05) is 45.3 Å². The molecule has 27 heavy (non-hydrogen) atoms. The molecule has 0 aliphatic carbocycles. The third-order valence-corrected chi connectivity index (χ3v) is 6.24. The van der Waals surface area contributed by atoms with Crippen LogP contribution in [0.15, 0.2) is 24.3 Å². The summed E-state index contributed by atoms with van der Waals surface area (Å²) in [6.07, 6.45) is 5.53. The molecule has 0 amide bonds. The van der Waals surface area contributed by atoms with Crippen molar-refractivity contribution in [2.45, 2.75) is 38.3 Å². The lowest BCUT2D eigenvalue weighted by Gasteiger charge is -2.32. The molecule has 1 atom stereocenters. The van der Waals surface area contributed by atoms with Crippen LogP contribution in [-0.2, 0) is 11.3 Å². The van der Waals surface area contributed by atoms with E-state index in [0.29, 0.717) is 0 Å². The fourth-order valence-electron chi connectivity index (χ4n) is 4.65. The molecule has 0 N–H and O–H groups in total. The largest absolute Gasteiger partial charge is 0.492 e. The van der Waals surface area contributed by atoms with E-state index in [9.17, 15) is 0 Å². The first-order valence-corrected chi connectivity index (χ1v) is 10.8. The van der Waals surface area contributed by atoms with Crippen molar-refractivity contribution < 1.29 is 9.47 Å². The Bertz CT molecular complexity index is 570. The summed E-state index contributed by atoms with van der Waals surface area (Å²) in [4.78, 5) is 7.76. The van der Waals surface area contributed by atoms with Crippen LogP contribution in [0, 0.1) is 0 Å². The van der Waals surface area contributed by atoms with Gasteiger partial charge in [0.2, 0.25) is 0 Å². The summed E-state index contributed by atoms with van der Waals surface area (Å²) in [5.41, 5.74) is 1.37. The van der Waals surface area contributed by atoms with E-state index in [1.54, 1.807) is 0 Å². The Morgan fingerprint density at radius 2 is 1.81 bits per heavy atom. The van der Waals surface area contributed by atoms with E-state index in [2.05, 4.69) is 39.0 Å². The Labute approximate surface area is 164 Å². The summed E-state index contributed by atoms with van der Waals surface area (Å²) >= 11 is 0. The summed E-state index contributed by atoms with van der Waals surface area (Å²) in [6.45, 7) is 11.6. The zero-order valence-corrected chi connectivity index (χ0v) is 16.7. The second kappa shape index (κ2) is 9.87. The van der Waals surface area contributed by atoms with Gasteiger partial charge in [0.05, 0.1) is 13.2 Å². The van der Waals surface area contributed by atoms with Crippen LogP contribution in [-0.4, -0.2) is 86.4 Å². The number of morpholine rings is 1. The Balaban J connectivity index is 1.22. The van der Waals surface area contributed by atoms with Crippen LogP contribution in [0.2, 0.25) is 0 Å². The SMILES string of the molecule is c1cc(CN2CC[C@H](N3CCCCC3)C2)cc(OCCN2CCOCC2)c1. The van der Waals surface area contributed by atoms with E-state index >= 15 is 0 Å². The predicted octanol–water partition coefficient (Wildman–Crippen LogP) is 2.46. The number of ether oxygens (including phenoxy) is 2. The molecule has 5 nitrogen and oxygen atoms in total. The fourth-order valence-corrected chi connectivity index (χ4v) is 4.65. The standard InChI is InChI=1S/C22H35N3O2/c1-2-8-25(9-3-1)21-7-10-24(19-21)18-20-5-4-6-22(17-20)27-16-13-23-11-14-26-15-12-23/h4-6,17,21H,1-3,7-16,18-19H2/t21-/m0/s1. The molecule has 0 saturated carbocycles. The van der Waals surface area contributed by atoms with Crippen molar-refractivity contribution in [2.75, 3.05) is 65.6 Å². The van der Waals surface area contributed by atoms with Crippen molar-refractivity contribution in [1.82, 2.24) is 14.7 Å². The summed E-state index contributed by atoms with van der Waals surface area (Å²) in [5, 5.41) is 0. The second-order valence-corrected chi connectivity index (χ2v) is 8.22. The molecule has 0 unspecified atom stereocenters. The van der Waals surface area contributed by atoms with Crippen molar-refractivity contribution in [3.05, 3.63) is 29.8 Å². The normalized spacial score (nSPS) is 25.7. The van der Waals surface area contributed by atoms with Crippen LogP contribution in [0.5, 0.6) is 5.75 Å². The van der Waals surface area contributed by atoms with Gasteiger partial charge in [0.15, 0.2) is 0 Å². The van der Waals surface area contributed by atoms with Crippen LogP contribution < -0.4 is 4.74 Å². The average Bonchev–Trinajstić information content (AvgIpc) is 3.18. The molecule has 3 saturated heterocycles. The highest BCUT2D eigenvalue weighted by atomic mass is 16.5. The molecule has 1 aromatic carbocycles. The average molecular weight is 374 g/mol. The Hall–Kier alpha value is -1.14. The van der Waals surface area contributed by atoms with Gasteiger partial charge in [-0.3, -0.25) is 14.7 Å². The van der Waals surface area contributed by atoms with E-state index in [-0.39, 0.29) is 0 Å². The molecule has 0 radical (unpaired) electrons. The summed E-state index contributed by atoms with van der Waals surface area (Å²) in [7, 11) is 0. The third kappa shape index (κ3) is 5.67. The molecule has 3 fully saturated rings. The molecule has 5 heteroatoms. The lowest BCUT2D eigenvalue weighted by atomic mass is 10.1. The topological polar surface area (TPSA) is 28.2 Å². The first-order valence-electron chi connectivity index (χ1n) is 10.8. The smallest absolute Gasteiger partial charge is 0.119 e. The number of hydrogen-bond donors (Lipinski definition) is 0. The Morgan fingerprint density at radius 3 is 2.67 bits per heavy atom. The summed E-state index contributed by atoms with van der Waals surface area (Å²) < 4.78 is 11.4. The fraction of sp³-hybridized carbons (Fsp3) is 0.727. The maximum Gasteiger partial charge on any atom is 0.119 e. The minimum Gasteiger partial charge on any atom is -0.492 e. The second-order valence-electron chi connectivity index (χ2n) is 8.22. The van der Waals surface area contributed by atoms with Gasteiger partial charge in [0.25, 0.3) is 0 Å². The monoisotopic (exact) mass is 373 g/mol. The van der Waals surface area contributed by atoms with Gasteiger partial charge in [-0.2, -0.15) is 0 Å². The predicted molar refractivity (Wildman–Crippen MR) is 108 cm³/mol. The van der Waals surface area contributed by atoms with Crippen LogP contribution in [0.4, 0.5) is 0 Å². The van der Waals surface area contributed by atoms with E-state index < -0.39 is 0 Å². The van der Waals surface area contributed by atoms with Gasteiger partial charge >= 0.3 is 0 Å². The van der Waals surface area contributed by atoms with Crippen LogP contribution >= 0.6 is 0 Å². The molecule has 1 aromatic rings. The van der Waals surface area contributed by atoms with Gasteiger partial charge in [-0.05, 0) is 50.0 Å². The van der Waals surface area contributed by atoms with Crippen molar-refractivity contribution in [2.24, 2.45) is 0 Å². The van der Waals surface area contributed by atoms with Gasteiger partial charge < -0.3 is 9.47 Å². The molecule has 0 aromatic heterocycles. The van der Waals surface area contributed by atoms with E-state index in [1.165, 1.54) is 57.4 Å².